The number of nitrogens with zero attached hydrogens (tertiary/aromatic N) is 2. The third-order valence-corrected chi connectivity index (χ3v) is 6.69. The Kier molecular flexibility index (Phi) is 7.48. The standard InChI is InChI=1S/C24H21Cl2F3N4O5/c25-14-7-15(26)9-17(8-14)33-21(36)23(10-13-1-3-18(4-2-13)38-24(27,28)29)11-16(12-32(23)22(33)37)31-20(35)6-5-19(30)34/h1-4,7-9,16H,5-6,10-12H2,(H2,30,34)(H,31,35)/t16-,23-/m0/s1. The number of nitrogens with one attached hydrogen (secondary N) is 1. The van der Waals surface area contributed by atoms with Crippen molar-refractivity contribution in [2.45, 2.75) is 43.6 Å². The van der Waals surface area contributed by atoms with Crippen molar-refractivity contribution < 1.29 is 37.1 Å². The van der Waals surface area contributed by atoms with Crippen LogP contribution in [0.15, 0.2) is 42.5 Å². The fraction of sp³-hybridized carbons (Fsp3) is 0.333. The third kappa shape index (κ3) is 5.81. The molecule has 0 bridgehead atoms. The Morgan fingerprint density at radius 2 is 1.71 bits per heavy atom. The van der Waals surface area contributed by atoms with E-state index in [1.165, 1.54) is 35.2 Å². The molecule has 3 N–H and O–H groups in total. The lowest BCUT2D eigenvalue weighted by Crippen LogP contribution is -2.47. The second kappa shape index (κ2) is 10.3. The van der Waals surface area contributed by atoms with Gasteiger partial charge in [0.25, 0.3) is 5.91 Å². The van der Waals surface area contributed by atoms with Crippen molar-refractivity contribution in [3.63, 3.8) is 0 Å². The highest BCUT2D eigenvalue weighted by Crippen LogP contribution is 2.43. The number of imide groups is 1. The smallest absolute Gasteiger partial charge is 0.406 e. The number of fused-ring (bicyclic) bond motifs is 1. The monoisotopic (exact) mass is 572 g/mol. The number of anilines is 1. The van der Waals surface area contributed by atoms with Crippen LogP contribution in [0.3, 0.4) is 0 Å². The molecule has 202 valence electrons. The van der Waals surface area contributed by atoms with Gasteiger partial charge < -0.3 is 20.7 Å². The Morgan fingerprint density at radius 3 is 2.29 bits per heavy atom. The molecule has 2 aromatic carbocycles. The van der Waals surface area contributed by atoms with Gasteiger partial charge in [-0.25, -0.2) is 9.69 Å². The summed E-state index contributed by atoms with van der Waals surface area (Å²) in [6, 6.07) is 7.91. The van der Waals surface area contributed by atoms with Gasteiger partial charge in [0.2, 0.25) is 11.8 Å². The molecule has 14 heteroatoms. The summed E-state index contributed by atoms with van der Waals surface area (Å²) in [7, 11) is 0. The average molecular weight is 573 g/mol. The zero-order valence-electron chi connectivity index (χ0n) is 19.6. The Balaban J connectivity index is 1.64. The molecule has 2 fully saturated rings. The number of urea groups is 1. The largest absolute Gasteiger partial charge is 0.573 e. The highest BCUT2D eigenvalue weighted by molar-refractivity contribution is 6.35. The van der Waals surface area contributed by atoms with Crippen LogP contribution in [0.1, 0.15) is 24.8 Å². The molecule has 2 aliphatic rings. The summed E-state index contributed by atoms with van der Waals surface area (Å²) in [5.74, 6) is -2.17. The fourth-order valence-electron chi connectivity index (χ4n) is 4.78. The number of amides is 5. The van der Waals surface area contributed by atoms with Gasteiger partial charge in [0, 0.05) is 48.3 Å². The van der Waals surface area contributed by atoms with E-state index in [2.05, 4.69) is 10.1 Å². The molecule has 2 saturated heterocycles. The van der Waals surface area contributed by atoms with Crippen LogP contribution in [0.2, 0.25) is 10.0 Å². The molecule has 5 amide bonds. The molecule has 2 heterocycles. The first-order chi connectivity index (χ1) is 17.8. The molecule has 0 aromatic heterocycles. The Labute approximate surface area is 224 Å². The first-order valence-corrected chi connectivity index (χ1v) is 12.1. The Hall–Kier alpha value is -3.51. The number of halogens is 5. The molecule has 9 nitrogen and oxygen atoms in total. The van der Waals surface area contributed by atoms with Gasteiger partial charge in [-0.1, -0.05) is 35.3 Å². The number of carbonyl (C=O) groups excluding carboxylic acids is 4. The Morgan fingerprint density at radius 1 is 1.08 bits per heavy atom. The number of ether oxygens (including phenoxy) is 1. The van der Waals surface area contributed by atoms with Gasteiger partial charge in [-0.15, -0.1) is 13.2 Å². The molecule has 4 rings (SSSR count). The maximum Gasteiger partial charge on any atom is 0.573 e. The van der Waals surface area contributed by atoms with Crippen LogP contribution in [-0.2, 0) is 20.8 Å². The van der Waals surface area contributed by atoms with Crippen LogP contribution < -0.4 is 20.7 Å². The van der Waals surface area contributed by atoms with E-state index in [-0.39, 0.29) is 48.0 Å². The van der Waals surface area contributed by atoms with Gasteiger partial charge in [-0.3, -0.25) is 14.4 Å². The summed E-state index contributed by atoms with van der Waals surface area (Å²) in [5, 5.41) is 3.13. The number of nitrogens with two attached hydrogens (primary N) is 1. The maximum atomic E-state index is 13.9. The second-order valence-electron chi connectivity index (χ2n) is 9.00. The quantitative estimate of drug-likeness (QED) is 0.466. The van der Waals surface area contributed by atoms with E-state index >= 15 is 0 Å². The number of hydrogen-bond donors (Lipinski definition) is 2. The van der Waals surface area contributed by atoms with E-state index in [9.17, 15) is 32.3 Å². The van der Waals surface area contributed by atoms with Crippen molar-refractivity contribution in [1.82, 2.24) is 10.2 Å². The van der Waals surface area contributed by atoms with E-state index < -0.39 is 47.4 Å². The molecule has 0 aliphatic carbocycles. The van der Waals surface area contributed by atoms with Crippen LogP contribution in [0, 0.1) is 0 Å². The predicted molar refractivity (Wildman–Crippen MR) is 131 cm³/mol. The second-order valence-corrected chi connectivity index (χ2v) is 9.87. The lowest BCUT2D eigenvalue weighted by molar-refractivity contribution is -0.274. The van der Waals surface area contributed by atoms with Crippen molar-refractivity contribution in [3.05, 3.63) is 58.1 Å². The summed E-state index contributed by atoms with van der Waals surface area (Å²) in [6.07, 6.45) is -5.22. The number of hydrogen-bond acceptors (Lipinski definition) is 5. The lowest BCUT2D eigenvalue weighted by Gasteiger charge is -2.28. The van der Waals surface area contributed by atoms with Gasteiger partial charge in [0.05, 0.1) is 5.69 Å². The molecule has 2 aliphatic heterocycles. The molecule has 0 radical (unpaired) electrons. The predicted octanol–water partition coefficient (Wildman–Crippen LogP) is 3.80. The normalized spacial score (nSPS) is 21.0. The van der Waals surface area contributed by atoms with Crippen LogP contribution in [0.25, 0.3) is 0 Å². The van der Waals surface area contributed by atoms with Gasteiger partial charge in [-0.2, -0.15) is 0 Å². The summed E-state index contributed by atoms with van der Waals surface area (Å²) in [5.41, 5.74) is 4.24. The van der Waals surface area contributed by atoms with Gasteiger partial charge in [0.1, 0.15) is 11.3 Å². The molecule has 2 aromatic rings. The van der Waals surface area contributed by atoms with Gasteiger partial charge in [-0.05, 0) is 35.9 Å². The molecular weight excluding hydrogens is 552 g/mol. The van der Waals surface area contributed by atoms with Crippen LogP contribution in [0.4, 0.5) is 23.7 Å². The zero-order chi connectivity index (χ0) is 27.8. The van der Waals surface area contributed by atoms with E-state index in [4.69, 9.17) is 28.9 Å². The third-order valence-electron chi connectivity index (χ3n) is 6.25. The molecular formula is C24H21Cl2F3N4O5. The minimum atomic E-state index is -4.87. The van der Waals surface area contributed by atoms with Crippen LogP contribution in [0.5, 0.6) is 5.75 Å². The highest BCUT2D eigenvalue weighted by atomic mass is 35.5. The number of alkyl halides is 3. The van der Waals surface area contributed by atoms with Crippen molar-refractivity contribution in [1.29, 1.82) is 0 Å². The minimum Gasteiger partial charge on any atom is -0.406 e. The molecule has 0 spiro atoms. The van der Waals surface area contributed by atoms with Crippen LogP contribution in [-0.4, -0.2) is 53.1 Å². The summed E-state index contributed by atoms with van der Waals surface area (Å²) in [6.45, 7) is -0.0209. The summed E-state index contributed by atoms with van der Waals surface area (Å²) in [4.78, 5) is 53.0. The van der Waals surface area contributed by atoms with Crippen LogP contribution >= 0.6 is 23.2 Å². The summed E-state index contributed by atoms with van der Waals surface area (Å²) >= 11 is 12.2. The van der Waals surface area contributed by atoms with Crippen molar-refractivity contribution in [2.75, 3.05) is 11.4 Å². The SMILES string of the molecule is NC(=O)CCC(=O)N[C@@H]1CN2C(=O)N(c3cc(Cl)cc(Cl)c3)C(=O)[C@]2(Cc2ccc(OC(F)(F)F)cc2)C1. The molecule has 38 heavy (non-hydrogen) atoms. The van der Waals surface area contributed by atoms with Crippen molar-refractivity contribution in [3.8, 4) is 5.75 Å². The maximum absolute atomic E-state index is 13.9. The first kappa shape index (κ1) is 27.5. The van der Waals surface area contributed by atoms with Gasteiger partial charge >= 0.3 is 12.4 Å². The lowest BCUT2D eigenvalue weighted by atomic mass is 9.87. The average Bonchev–Trinajstić information content (AvgIpc) is 3.24. The van der Waals surface area contributed by atoms with E-state index in [1.54, 1.807) is 0 Å². The van der Waals surface area contributed by atoms with E-state index in [0.29, 0.717) is 5.56 Å². The number of primary amides is 1. The molecule has 2 atom stereocenters. The van der Waals surface area contributed by atoms with Crippen molar-refractivity contribution in [2.24, 2.45) is 5.73 Å². The Bertz CT molecular complexity index is 1270. The molecule has 0 saturated carbocycles. The topological polar surface area (TPSA) is 122 Å². The summed E-state index contributed by atoms with van der Waals surface area (Å²) < 4.78 is 41.6. The zero-order valence-corrected chi connectivity index (χ0v) is 21.1. The number of rotatable bonds is 8. The minimum absolute atomic E-state index is 0.0193. The van der Waals surface area contributed by atoms with Gasteiger partial charge in [0.15, 0.2) is 0 Å². The highest BCUT2D eigenvalue weighted by Gasteiger charge is 2.62. The molecule has 0 unspecified atom stereocenters. The van der Waals surface area contributed by atoms with E-state index in [1.807, 2.05) is 0 Å². The van der Waals surface area contributed by atoms with Crippen molar-refractivity contribution >= 4 is 52.6 Å². The fourth-order valence-corrected chi connectivity index (χ4v) is 5.29. The first-order valence-electron chi connectivity index (χ1n) is 11.3. The van der Waals surface area contributed by atoms with E-state index in [0.717, 1.165) is 17.0 Å². The number of carbonyl (C=O) groups is 4. The number of benzene rings is 2.